The number of hydrogen-bond donors (Lipinski definition) is 6. The van der Waals surface area contributed by atoms with Gasteiger partial charge in [0, 0.05) is 58.6 Å². The van der Waals surface area contributed by atoms with Gasteiger partial charge in [-0.3, -0.25) is 9.59 Å². The number of carbonyl (C=O) groups excluding carboxylic acids is 2. The molecule has 2 amide bonds. The van der Waals surface area contributed by atoms with Crippen LogP contribution < -0.4 is 31.9 Å². The SMILES string of the molecule is CC(C)(CCl)c1nnc(NC(=O)C2CC2)s1.CC(C)(CCl)c1nnc(NC(=O)C2CC2)s1.CC(C)Nc1nc(Cl)nc(NC2CC2)n1.CC(C)Nc1nc(Cl)nc(NC2CC2)n1. The number of anilines is 6. The molecule has 0 spiro atoms. The van der Waals surface area contributed by atoms with Gasteiger partial charge in [-0.15, -0.1) is 43.6 Å². The summed E-state index contributed by atoms with van der Waals surface area (Å²) in [6.45, 7) is 16.1. The van der Waals surface area contributed by atoms with Gasteiger partial charge in [0.2, 0.25) is 56.4 Å². The van der Waals surface area contributed by atoms with Crippen molar-refractivity contribution in [3.8, 4) is 0 Å². The van der Waals surface area contributed by atoms with Crippen molar-refractivity contribution in [2.75, 3.05) is 43.7 Å². The van der Waals surface area contributed by atoms with Crippen LogP contribution in [-0.2, 0) is 20.4 Å². The first-order chi connectivity index (χ1) is 29.3. The highest BCUT2D eigenvalue weighted by Gasteiger charge is 2.32. The molecule has 62 heavy (non-hydrogen) atoms. The van der Waals surface area contributed by atoms with Gasteiger partial charge in [-0.25, -0.2) is 0 Å². The van der Waals surface area contributed by atoms with Crippen LogP contribution >= 0.6 is 69.1 Å². The molecule has 4 fully saturated rings. The zero-order valence-electron chi connectivity index (χ0n) is 36.2. The van der Waals surface area contributed by atoms with Gasteiger partial charge in [0.1, 0.15) is 10.0 Å². The molecule has 0 radical (unpaired) electrons. The van der Waals surface area contributed by atoms with Gasteiger partial charge >= 0.3 is 0 Å². The standard InChI is InChI=1S/2C10H14ClN3OS.2C9H14ClN5/c2*1-10(2,5-11)8-13-14-9(16-8)12-7(15)6-3-4-6;2*1-5(2)11-8-13-7(10)14-9(15-8)12-6-3-4-6/h2*6H,3-5H2,1-2H3,(H,12,14,15);2*5-6H,3-4H2,1-2H3,(H2,11,12,13,14,15). The van der Waals surface area contributed by atoms with E-state index in [1.54, 1.807) is 0 Å². The van der Waals surface area contributed by atoms with Gasteiger partial charge < -0.3 is 31.9 Å². The Balaban J connectivity index is 0.000000156. The van der Waals surface area contributed by atoms with Crippen LogP contribution in [0.25, 0.3) is 0 Å². The lowest BCUT2D eigenvalue weighted by Crippen LogP contribution is -2.18. The molecule has 0 aromatic carbocycles. The molecule has 6 N–H and O–H groups in total. The molecule has 0 unspecified atom stereocenters. The van der Waals surface area contributed by atoms with E-state index in [0.717, 1.165) is 35.7 Å². The van der Waals surface area contributed by atoms with Crippen molar-refractivity contribution in [1.29, 1.82) is 0 Å². The van der Waals surface area contributed by atoms with E-state index in [2.05, 4.69) is 82.2 Å². The predicted molar refractivity (Wildman–Crippen MR) is 250 cm³/mol. The van der Waals surface area contributed by atoms with Crippen molar-refractivity contribution in [2.45, 2.75) is 142 Å². The van der Waals surface area contributed by atoms with Gasteiger partial charge in [0.15, 0.2) is 0 Å². The van der Waals surface area contributed by atoms with Crippen molar-refractivity contribution < 1.29 is 9.59 Å². The summed E-state index contributed by atoms with van der Waals surface area (Å²) in [6, 6.07) is 1.57. The third kappa shape index (κ3) is 17.2. The Hall–Kier alpha value is -3.56. The maximum absolute atomic E-state index is 11.5. The van der Waals surface area contributed by atoms with E-state index in [4.69, 9.17) is 46.4 Å². The van der Waals surface area contributed by atoms with E-state index >= 15 is 0 Å². The molecule has 0 atom stereocenters. The highest BCUT2D eigenvalue weighted by atomic mass is 35.5. The van der Waals surface area contributed by atoms with E-state index in [1.165, 1.54) is 48.4 Å². The summed E-state index contributed by atoms with van der Waals surface area (Å²) in [5, 5.41) is 37.5. The molecule has 4 aromatic heterocycles. The summed E-state index contributed by atoms with van der Waals surface area (Å²) in [5.41, 5.74) is -0.385. The van der Waals surface area contributed by atoms with Crippen LogP contribution in [0.1, 0.15) is 117 Å². The van der Waals surface area contributed by atoms with Crippen LogP contribution in [0.3, 0.4) is 0 Å². The minimum Gasteiger partial charge on any atom is -0.352 e. The first kappa shape index (κ1) is 49.5. The average molecular weight is 975 g/mol. The highest BCUT2D eigenvalue weighted by Crippen LogP contribution is 2.34. The molecule has 0 saturated heterocycles. The Morgan fingerprint density at radius 1 is 0.565 bits per heavy atom. The minimum absolute atomic E-state index is 0.0615. The number of carbonyl (C=O) groups is 2. The van der Waals surface area contributed by atoms with Crippen LogP contribution in [0, 0.1) is 11.8 Å². The van der Waals surface area contributed by atoms with Gasteiger partial charge in [0.25, 0.3) is 0 Å². The molecule has 0 aliphatic heterocycles. The third-order valence-electron chi connectivity index (χ3n) is 8.91. The summed E-state index contributed by atoms with van der Waals surface area (Å²) >= 11 is 26.1. The number of amides is 2. The Kier molecular flexibility index (Phi) is 17.8. The molecular formula is C38H56Cl4N16O2S2. The maximum atomic E-state index is 11.5. The van der Waals surface area contributed by atoms with Crippen molar-refractivity contribution in [2.24, 2.45) is 11.8 Å². The monoisotopic (exact) mass is 972 g/mol. The Morgan fingerprint density at radius 2 is 0.903 bits per heavy atom. The number of nitrogens with one attached hydrogen (secondary N) is 6. The van der Waals surface area contributed by atoms with Crippen LogP contribution in [0.4, 0.5) is 34.1 Å². The molecule has 0 bridgehead atoms. The first-order valence-corrected chi connectivity index (χ1v) is 24.1. The second-order valence-corrected chi connectivity index (χ2v) is 20.5. The summed E-state index contributed by atoms with van der Waals surface area (Å²) in [4.78, 5) is 47.5. The first-order valence-electron chi connectivity index (χ1n) is 20.6. The van der Waals surface area contributed by atoms with Crippen molar-refractivity contribution >= 4 is 115 Å². The van der Waals surface area contributed by atoms with Crippen LogP contribution in [0.15, 0.2) is 0 Å². The number of aromatic nitrogens is 10. The second kappa shape index (κ2) is 22.4. The van der Waals surface area contributed by atoms with E-state index in [1.807, 2.05) is 55.4 Å². The lowest BCUT2D eigenvalue weighted by molar-refractivity contribution is -0.118. The third-order valence-corrected chi connectivity index (χ3v) is 13.0. The Labute approximate surface area is 390 Å². The Bertz CT molecular complexity index is 1900. The van der Waals surface area contributed by atoms with Gasteiger partial charge in [0.05, 0.1) is 0 Å². The molecule has 24 heteroatoms. The molecular weight excluding hydrogens is 918 g/mol. The highest BCUT2D eigenvalue weighted by molar-refractivity contribution is 7.15. The Morgan fingerprint density at radius 3 is 1.19 bits per heavy atom. The fourth-order valence-corrected chi connectivity index (χ4v) is 7.03. The fourth-order valence-electron chi connectivity index (χ4n) is 4.61. The second-order valence-electron chi connectivity index (χ2n) is 17.3. The van der Waals surface area contributed by atoms with Crippen LogP contribution in [-0.4, -0.2) is 98.0 Å². The van der Waals surface area contributed by atoms with Gasteiger partial charge in [-0.05, 0) is 102 Å². The minimum atomic E-state index is -0.193. The van der Waals surface area contributed by atoms with E-state index in [0.29, 0.717) is 57.9 Å². The van der Waals surface area contributed by atoms with E-state index in [9.17, 15) is 9.59 Å². The lowest BCUT2D eigenvalue weighted by Gasteiger charge is -2.16. The number of nitrogens with zero attached hydrogens (tertiary/aromatic N) is 10. The van der Waals surface area contributed by atoms with Crippen LogP contribution in [0.5, 0.6) is 0 Å². The van der Waals surface area contributed by atoms with E-state index in [-0.39, 0.29) is 57.1 Å². The van der Waals surface area contributed by atoms with Crippen LogP contribution in [0.2, 0.25) is 10.6 Å². The summed E-state index contributed by atoms with van der Waals surface area (Å²) in [5.74, 6) is 3.62. The quantitative estimate of drug-likeness (QED) is 0.0576. The summed E-state index contributed by atoms with van der Waals surface area (Å²) < 4.78 is 0. The zero-order valence-corrected chi connectivity index (χ0v) is 40.8. The summed E-state index contributed by atoms with van der Waals surface area (Å²) in [6.07, 6.45) is 8.67. The molecule has 8 rings (SSSR count). The van der Waals surface area contributed by atoms with Gasteiger partial charge in [-0.1, -0.05) is 50.4 Å². The lowest BCUT2D eigenvalue weighted by atomic mass is 9.98. The number of rotatable bonds is 16. The molecule has 18 nitrogen and oxygen atoms in total. The van der Waals surface area contributed by atoms with Crippen molar-refractivity contribution in [3.63, 3.8) is 0 Å². The average Bonchev–Trinajstić information content (AvgIpc) is 3.97. The topological polar surface area (TPSA) is 235 Å². The maximum Gasteiger partial charge on any atom is 0.229 e. The number of hydrogen-bond acceptors (Lipinski definition) is 18. The van der Waals surface area contributed by atoms with Crippen molar-refractivity contribution in [3.05, 3.63) is 20.6 Å². The van der Waals surface area contributed by atoms with Gasteiger partial charge in [-0.2, -0.15) is 29.9 Å². The number of alkyl halides is 2. The molecule has 4 saturated carbocycles. The molecule has 340 valence electrons. The molecule has 4 aliphatic carbocycles. The molecule has 4 heterocycles. The smallest absolute Gasteiger partial charge is 0.229 e. The van der Waals surface area contributed by atoms with E-state index < -0.39 is 0 Å². The largest absolute Gasteiger partial charge is 0.352 e. The molecule has 4 aliphatic rings. The van der Waals surface area contributed by atoms with Crippen molar-refractivity contribution in [1.82, 2.24) is 50.3 Å². The molecule has 4 aromatic rings. The fraction of sp³-hybridized carbons (Fsp3) is 0.684. The summed E-state index contributed by atoms with van der Waals surface area (Å²) in [7, 11) is 0. The normalized spacial score (nSPS) is 15.8. The zero-order chi connectivity index (χ0) is 45.2. The predicted octanol–water partition coefficient (Wildman–Crippen LogP) is 8.65. The number of halogens is 4.